The molecular formula is C44H46N2O8. The van der Waals surface area contributed by atoms with Crippen molar-refractivity contribution in [2.75, 3.05) is 26.4 Å². The van der Waals surface area contributed by atoms with Crippen LogP contribution in [0.2, 0.25) is 0 Å². The van der Waals surface area contributed by atoms with Gasteiger partial charge in [0.1, 0.15) is 24.6 Å². The summed E-state index contributed by atoms with van der Waals surface area (Å²) in [5.41, 5.74) is 15.1. The number of hydrogen-bond acceptors (Lipinski definition) is 10. The number of ether oxygens (including phenoxy) is 4. The molecule has 0 unspecified atom stereocenters. The predicted molar refractivity (Wildman–Crippen MR) is 207 cm³/mol. The van der Waals surface area contributed by atoms with E-state index in [-0.39, 0.29) is 37.8 Å². The van der Waals surface area contributed by atoms with E-state index >= 15 is 0 Å². The highest BCUT2D eigenvalue weighted by Crippen LogP contribution is 2.28. The minimum atomic E-state index is -0.788. The summed E-state index contributed by atoms with van der Waals surface area (Å²) < 4.78 is 21.7. The summed E-state index contributed by atoms with van der Waals surface area (Å²) in [5.74, 6) is -2.99. The van der Waals surface area contributed by atoms with Gasteiger partial charge in [-0.25, -0.2) is 19.2 Å². The predicted octanol–water partition coefficient (Wildman–Crippen LogP) is 6.60. The summed E-state index contributed by atoms with van der Waals surface area (Å²) in [5, 5.41) is 0. The lowest BCUT2D eigenvalue weighted by Crippen LogP contribution is -2.30. The zero-order valence-corrected chi connectivity index (χ0v) is 31.0. The summed E-state index contributed by atoms with van der Waals surface area (Å²) in [7, 11) is 0. The minimum Gasteiger partial charge on any atom is -0.462 e. The van der Waals surface area contributed by atoms with Gasteiger partial charge in [-0.1, -0.05) is 149 Å². The Hall–Kier alpha value is -6.42. The number of carbonyl (C=O) groups excluding carboxylic acids is 4. The van der Waals surface area contributed by atoms with Crippen molar-refractivity contribution >= 4 is 35.0 Å². The zero-order valence-electron chi connectivity index (χ0n) is 31.0. The van der Waals surface area contributed by atoms with Crippen LogP contribution in [0, 0.1) is 10.8 Å². The fraction of sp³-hybridized carbons (Fsp3) is 0.227. The van der Waals surface area contributed by atoms with E-state index in [0.717, 1.165) is 34.4 Å². The highest BCUT2D eigenvalue weighted by Gasteiger charge is 2.26. The van der Waals surface area contributed by atoms with Gasteiger partial charge in [0.2, 0.25) is 0 Å². The first-order valence-electron chi connectivity index (χ1n) is 17.3. The number of rotatable bonds is 16. The molecule has 54 heavy (non-hydrogen) atoms. The third-order valence-electron chi connectivity index (χ3n) is 7.98. The maximum absolute atomic E-state index is 13.1. The largest absolute Gasteiger partial charge is 0.462 e. The molecule has 4 N–H and O–H groups in total. The normalized spacial score (nSPS) is 11.3. The number of carbonyl (C=O) groups is 4. The average molecular weight is 731 g/mol. The van der Waals surface area contributed by atoms with Gasteiger partial charge in [-0.3, -0.25) is 0 Å². The molecule has 0 aliphatic heterocycles. The Morgan fingerprint density at radius 3 is 0.944 bits per heavy atom. The van der Waals surface area contributed by atoms with Crippen molar-refractivity contribution in [3.05, 3.63) is 167 Å². The summed E-state index contributed by atoms with van der Waals surface area (Å²) in [6.07, 6.45) is 1.90. The molecule has 0 aliphatic rings. The van der Waals surface area contributed by atoms with Crippen LogP contribution in [-0.2, 0) is 38.1 Å². The summed E-state index contributed by atoms with van der Waals surface area (Å²) in [6, 6.07) is 37.2. The fourth-order valence-corrected chi connectivity index (χ4v) is 5.10. The van der Waals surface area contributed by atoms with Crippen molar-refractivity contribution in [2.24, 2.45) is 22.3 Å². The Labute approximate surface area is 316 Å². The molecule has 0 aliphatic carbocycles. The van der Waals surface area contributed by atoms with Gasteiger partial charge in [-0.2, -0.15) is 0 Å². The molecule has 0 saturated heterocycles. The molecule has 0 amide bonds. The molecule has 280 valence electrons. The molecular weight excluding hydrogens is 684 g/mol. The van der Waals surface area contributed by atoms with Crippen molar-refractivity contribution in [2.45, 2.75) is 27.7 Å². The smallest absolute Gasteiger partial charge is 0.354 e. The van der Waals surface area contributed by atoms with Crippen molar-refractivity contribution in [3.8, 4) is 0 Å². The highest BCUT2D eigenvalue weighted by atomic mass is 16.6. The lowest BCUT2D eigenvalue weighted by Gasteiger charge is -2.24. The molecule has 0 atom stereocenters. The Kier molecular flexibility index (Phi) is 14.1. The van der Waals surface area contributed by atoms with Crippen LogP contribution in [0.25, 0.3) is 11.1 Å². The Balaban J connectivity index is 1.25. The van der Waals surface area contributed by atoms with Crippen molar-refractivity contribution < 1.29 is 38.1 Å². The van der Waals surface area contributed by atoms with E-state index in [9.17, 15) is 19.2 Å². The lowest BCUT2D eigenvalue weighted by atomic mass is 9.95. The van der Waals surface area contributed by atoms with Crippen LogP contribution < -0.4 is 11.5 Å². The van der Waals surface area contributed by atoms with Crippen LogP contribution in [0.15, 0.2) is 145 Å². The maximum atomic E-state index is 13.1. The maximum Gasteiger partial charge on any atom is 0.354 e. The molecule has 0 bridgehead atoms. The van der Waals surface area contributed by atoms with E-state index in [1.54, 1.807) is 27.7 Å². The van der Waals surface area contributed by atoms with Crippen LogP contribution in [0.5, 0.6) is 0 Å². The van der Waals surface area contributed by atoms with Crippen molar-refractivity contribution in [1.29, 1.82) is 0 Å². The SMILES string of the molecule is CC(C)(COC(=O)/C=C/C(=O)OCC(C)(C)COC(=O)C(N)=C(c1ccccc1)c1ccccc1)COC(=O)C(N)=C(c1ccccc1)c1ccccc1. The minimum absolute atomic E-state index is 0.0517. The average Bonchev–Trinajstić information content (AvgIpc) is 3.18. The monoisotopic (exact) mass is 730 g/mol. The van der Waals surface area contributed by atoms with Crippen LogP contribution in [0.4, 0.5) is 0 Å². The molecule has 10 nitrogen and oxygen atoms in total. The number of hydrogen-bond donors (Lipinski definition) is 2. The standard InChI is InChI=1S/C44H46N2O8/c1-43(2,29-53-41(49)39(45)37(31-17-9-5-10-18-31)32-19-11-6-12-20-32)27-51-35(47)25-26-36(48)52-28-44(3,4)30-54-42(50)40(46)38(33-21-13-7-14-22-33)34-23-15-8-16-24-34/h5-26H,27-30,45-46H2,1-4H3/b26-25+. The van der Waals surface area contributed by atoms with Gasteiger partial charge in [-0.15, -0.1) is 0 Å². The van der Waals surface area contributed by atoms with Crippen LogP contribution in [0.3, 0.4) is 0 Å². The summed E-state index contributed by atoms with van der Waals surface area (Å²) in [4.78, 5) is 51.0. The van der Waals surface area contributed by atoms with Gasteiger partial charge >= 0.3 is 23.9 Å². The fourth-order valence-electron chi connectivity index (χ4n) is 5.10. The van der Waals surface area contributed by atoms with Crippen LogP contribution in [0.1, 0.15) is 49.9 Å². The third kappa shape index (κ3) is 12.1. The summed E-state index contributed by atoms with van der Waals surface area (Å²) in [6.45, 7) is 6.60. The Morgan fingerprint density at radius 2 is 0.685 bits per heavy atom. The molecule has 0 spiro atoms. The Bertz CT molecular complexity index is 1760. The van der Waals surface area contributed by atoms with Crippen LogP contribution in [-0.4, -0.2) is 50.3 Å². The molecule has 0 fully saturated rings. The van der Waals surface area contributed by atoms with E-state index in [1.165, 1.54) is 0 Å². The van der Waals surface area contributed by atoms with Crippen LogP contribution >= 0.6 is 0 Å². The van der Waals surface area contributed by atoms with Crippen molar-refractivity contribution in [3.63, 3.8) is 0 Å². The van der Waals surface area contributed by atoms with Gasteiger partial charge in [0.25, 0.3) is 0 Å². The first-order valence-corrected chi connectivity index (χ1v) is 17.3. The second-order valence-electron chi connectivity index (χ2n) is 14.1. The second-order valence-corrected chi connectivity index (χ2v) is 14.1. The van der Waals surface area contributed by atoms with E-state index in [2.05, 4.69) is 0 Å². The lowest BCUT2D eigenvalue weighted by molar-refractivity contribution is -0.149. The van der Waals surface area contributed by atoms with Crippen molar-refractivity contribution in [1.82, 2.24) is 0 Å². The molecule has 4 aromatic rings. The van der Waals surface area contributed by atoms with E-state index in [1.807, 2.05) is 121 Å². The quantitative estimate of drug-likeness (QED) is 0.0731. The number of nitrogens with two attached hydrogens (primary N) is 2. The molecule has 0 radical (unpaired) electrons. The van der Waals surface area contributed by atoms with Gasteiger partial charge in [0, 0.05) is 34.1 Å². The van der Waals surface area contributed by atoms with Gasteiger partial charge < -0.3 is 30.4 Å². The molecule has 0 saturated carbocycles. The molecule has 10 heteroatoms. The number of esters is 4. The zero-order chi connectivity index (χ0) is 39.1. The van der Waals surface area contributed by atoms with E-state index in [0.29, 0.717) is 11.1 Å². The first kappa shape index (κ1) is 40.4. The van der Waals surface area contributed by atoms with E-state index < -0.39 is 34.7 Å². The molecule has 4 rings (SSSR count). The topological polar surface area (TPSA) is 157 Å². The van der Waals surface area contributed by atoms with Gasteiger partial charge in [0.05, 0.1) is 13.2 Å². The first-order chi connectivity index (χ1) is 25.8. The molecule has 0 aromatic heterocycles. The Morgan fingerprint density at radius 1 is 0.444 bits per heavy atom. The van der Waals surface area contributed by atoms with Gasteiger partial charge in [0.15, 0.2) is 0 Å². The highest BCUT2D eigenvalue weighted by molar-refractivity contribution is 6.01. The third-order valence-corrected chi connectivity index (χ3v) is 7.98. The molecule has 4 aromatic carbocycles. The summed E-state index contributed by atoms with van der Waals surface area (Å²) >= 11 is 0. The molecule has 0 heterocycles. The number of benzene rings is 4. The van der Waals surface area contributed by atoms with E-state index in [4.69, 9.17) is 30.4 Å². The van der Waals surface area contributed by atoms with Gasteiger partial charge in [-0.05, 0) is 22.3 Å². The second kappa shape index (κ2) is 18.9.